The minimum absolute atomic E-state index is 0.0646. The molecule has 0 aliphatic heterocycles. The van der Waals surface area contributed by atoms with Crippen LogP contribution in [-0.2, 0) is 4.79 Å². The molecule has 0 fully saturated rings. The number of hydrogen-bond acceptors (Lipinski definition) is 4. The lowest BCUT2D eigenvalue weighted by Gasteiger charge is -2.15. The Bertz CT molecular complexity index is 1160. The van der Waals surface area contributed by atoms with Crippen molar-refractivity contribution in [3.8, 4) is 16.8 Å². The largest absolute Gasteiger partial charge is 0.349 e. The lowest BCUT2D eigenvalue weighted by atomic mass is 10.0. The SMILES string of the molecule is CC(NC(=O)CSc1nncn1-c1cccc(Cl)c1)c1ccc(-c2ccccc2)cc1. The van der Waals surface area contributed by atoms with Crippen molar-refractivity contribution < 1.29 is 4.79 Å². The maximum Gasteiger partial charge on any atom is 0.230 e. The highest BCUT2D eigenvalue weighted by molar-refractivity contribution is 7.99. The van der Waals surface area contributed by atoms with Gasteiger partial charge in [-0.15, -0.1) is 10.2 Å². The van der Waals surface area contributed by atoms with Crippen LogP contribution in [-0.4, -0.2) is 26.4 Å². The second kappa shape index (κ2) is 9.81. The Morgan fingerprint density at radius 2 is 1.77 bits per heavy atom. The van der Waals surface area contributed by atoms with Crippen LogP contribution in [0, 0.1) is 0 Å². The van der Waals surface area contributed by atoms with E-state index in [0.29, 0.717) is 10.2 Å². The summed E-state index contributed by atoms with van der Waals surface area (Å²) in [6.45, 7) is 1.98. The molecule has 0 bridgehead atoms. The number of benzene rings is 3. The molecule has 0 saturated heterocycles. The Balaban J connectivity index is 1.35. The van der Waals surface area contributed by atoms with Gasteiger partial charge in [0.25, 0.3) is 0 Å². The molecular weight excluding hydrogens is 428 g/mol. The zero-order valence-electron chi connectivity index (χ0n) is 16.9. The molecule has 5 nitrogen and oxygen atoms in total. The lowest BCUT2D eigenvalue weighted by Crippen LogP contribution is -2.28. The number of thioether (sulfide) groups is 1. The van der Waals surface area contributed by atoms with Crippen molar-refractivity contribution in [2.24, 2.45) is 0 Å². The summed E-state index contributed by atoms with van der Waals surface area (Å²) in [5, 5.41) is 12.4. The van der Waals surface area contributed by atoms with Gasteiger partial charge in [-0.25, -0.2) is 0 Å². The molecular formula is C24H21ClN4OS. The Morgan fingerprint density at radius 3 is 2.52 bits per heavy atom. The summed E-state index contributed by atoms with van der Waals surface area (Å²) in [7, 11) is 0. The summed E-state index contributed by atoms with van der Waals surface area (Å²) in [4.78, 5) is 12.5. The summed E-state index contributed by atoms with van der Waals surface area (Å²) >= 11 is 7.41. The standard InChI is InChI=1S/C24H21ClN4OS/c1-17(18-10-12-20(13-11-18)19-6-3-2-4-7-19)27-23(30)15-31-24-28-26-16-29(24)22-9-5-8-21(25)14-22/h2-14,16-17H,15H2,1H3,(H,27,30). The Morgan fingerprint density at radius 1 is 1.03 bits per heavy atom. The van der Waals surface area contributed by atoms with E-state index in [2.05, 4.69) is 51.9 Å². The molecule has 4 aromatic rings. The van der Waals surface area contributed by atoms with Crippen molar-refractivity contribution in [3.63, 3.8) is 0 Å². The third-order valence-electron chi connectivity index (χ3n) is 4.83. The van der Waals surface area contributed by atoms with Gasteiger partial charge in [-0.2, -0.15) is 0 Å². The van der Waals surface area contributed by atoms with E-state index in [1.54, 1.807) is 6.33 Å². The van der Waals surface area contributed by atoms with Gasteiger partial charge in [0.15, 0.2) is 5.16 Å². The first-order chi connectivity index (χ1) is 15.1. The maximum absolute atomic E-state index is 12.5. The average Bonchev–Trinajstić information content (AvgIpc) is 3.27. The van der Waals surface area contributed by atoms with Crippen LogP contribution in [0.15, 0.2) is 90.3 Å². The lowest BCUT2D eigenvalue weighted by molar-refractivity contribution is -0.119. The molecule has 0 radical (unpaired) electrons. The molecule has 0 aliphatic carbocycles. The van der Waals surface area contributed by atoms with Crippen molar-refractivity contribution in [1.29, 1.82) is 0 Å². The molecule has 1 aromatic heterocycles. The van der Waals surface area contributed by atoms with E-state index in [0.717, 1.165) is 16.8 Å². The van der Waals surface area contributed by atoms with Crippen molar-refractivity contribution >= 4 is 29.3 Å². The monoisotopic (exact) mass is 448 g/mol. The highest BCUT2D eigenvalue weighted by Crippen LogP contribution is 2.23. The topological polar surface area (TPSA) is 59.8 Å². The molecule has 1 N–H and O–H groups in total. The number of halogens is 1. The first-order valence-corrected chi connectivity index (χ1v) is 11.2. The van der Waals surface area contributed by atoms with Crippen LogP contribution in [0.4, 0.5) is 0 Å². The van der Waals surface area contributed by atoms with Gasteiger partial charge >= 0.3 is 0 Å². The average molecular weight is 449 g/mol. The van der Waals surface area contributed by atoms with E-state index < -0.39 is 0 Å². The normalized spacial score (nSPS) is 11.8. The number of rotatable bonds is 7. The molecule has 0 saturated carbocycles. The van der Waals surface area contributed by atoms with Crippen LogP contribution >= 0.6 is 23.4 Å². The summed E-state index contributed by atoms with van der Waals surface area (Å²) in [5.74, 6) is 0.177. The molecule has 31 heavy (non-hydrogen) atoms. The number of carbonyl (C=O) groups is 1. The first kappa shape index (κ1) is 21.2. The first-order valence-electron chi connectivity index (χ1n) is 9.83. The van der Waals surface area contributed by atoms with Gasteiger partial charge in [0.05, 0.1) is 17.5 Å². The Labute approximate surface area is 190 Å². The predicted octanol–water partition coefficient (Wildman–Crippen LogP) is 5.56. The zero-order valence-corrected chi connectivity index (χ0v) is 18.5. The molecule has 3 aromatic carbocycles. The fourth-order valence-electron chi connectivity index (χ4n) is 3.22. The summed E-state index contributed by atoms with van der Waals surface area (Å²) < 4.78 is 1.82. The zero-order chi connectivity index (χ0) is 21.6. The van der Waals surface area contributed by atoms with Gasteiger partial charge in [-0.3, -0.25) is 9.36 Å². The van der Waals surface area contributed by atoms with Gasteiger partial charge in [0.1, 0.15) is 6.33 Å². The van der Waals surface area contributed by atoms with Crippen molar-refractivity contribution in [3.05, 3.63) is 95.8 Å². The van der Waals surface area contributed by atoms with E-state index in [9.17, 15) is 4.79 Å². The van der Waals surface area contributed by atoms with E-state index in [4.69, 9.17) is 11.6 Å². The third kappa shape index (κ3) is 5.34. The second-order valence-corrected chi connectivity index (χ2v) is 8.41. The highest BCUT2D eigenvalue weighted by atomic mass is 35.5. The molecule has 1 amide bonds. The van der Waals surface area contributed by atoms with Gasteiger partial charge in [-0.1, -0.05) is 84.0 Å². The van der Waals surface area contributed by atoms with Crippen LogP contribution in [0.3, 0.4) is 0 Å². The molecule has 156 valence electrons. The molecule has 7 heteroatoms. The third-order valence-corrected chi connectivity index (χ3v) is 6.01. The number of carbonyl (C=O) groups excluding carboxylic acids is 1. The van der Waals surface area contributed by atoms with Gasteiger partial charge in [0, 0.05) is 5.02 Å². The van der Waals surface area contributed by atoms with E-state index in [1.165, 1.54) is 17.3 Å². The number of hydrogen-bond donors (Lipinski definition) is 1. The number of nitrogens with one attached hydrogen (secondary N) is 1. The molecule has 1 atom stereocenters. The van der Waals surface area contributed by atoms with E-state index in [1.807, 2.05) is 54.0 Å². The second-order valence-electron chi connectivity index (χ2n) is 7.03. The summed E-state index contributed by atoms with van der Waals surface area (Å²) in [6.07, 6.45) is 1.61. The number of nitrogens with zero attached hydrogens (tertiary/aromatic N) is 3. The quantitative estimate of drug-likeness (QED) is 0.376. The molecule has 4 rings (SSSR count). The van der Waals surface area contributed by atoms with Crippen LogP contribution < -0.4 is 5.32 Å². The number of aromatic nitrogens is 3. The fourth-order valence-corrected chi connectivity index (χ4v) is 4.14. The van der Waals surface area contributed by atoms with Gasteiger partial charge < -0.3 is 5.32 Å². The van der Waals surface area contributed by atoms with Crippen LogP contribution in [0.1, 0.15) is 18.5 Å². The van der Waals surface area contributed by atoms with Crippen LogP contribution in [0.5, 0.6) is 0 Å². The highest BCUT2D eigenvalue weighted by Gasteiger charge is 2.13. The Kier molecular flexibility index (Phi) is 6.70. The fraction of sp³-hybridized carbons (Fsp3) is 0.125. The minimum atomic E-state index is -0.0938. The van der Waals surface area contributed by atoms with Gasteiger partial charge in [-0.05, 0) is 41.8 Å². The summed E-state index contributed by atoms with van der Waals surface area (Å²) in [6, 6.07) is 25.8. The van der Waals surface area contributed by atoms with E-state index in [-0.39, 0.29) is 17.7 Å². The molecule has 1 unspecified atom stereocenters. The van der Waals surface area contributed by atoms with Crippen LogP contribution in [0.2, 0.25) is 5.02 Å². The predicted molar refractivity (Wildman–Crippen MR) is 126 cm³/mol. The molecule has 1 heterocycles. The smallest absolute Gasteiger partial charge is 0.230 e. The molecule has 0 aliphatic rings. The summed E-state index contributed by atoms with van der Waals surface area (Å²) in [5.41, 5.74) is 4.23. The number of amides is 1. The molecule has 0 spiro atoms. The Hall–Kier alpha value is -3.09. The minimum Gasteiger partial charge on any atom is -0.349 e. The van der Waals surface area contributed by atoms with Crippen LogP contribution in [0.25, 0.3) is 16.8 Å². The van der Waals surface area contributed by atoms with Gasteiger partial charge in [0.2, 0.25) is 5.91 Å². The van der Waals surface area contributed by atoms with E-state index >= 15 is 0 Å². The maximum atomic E-state index is 12.5. The van der Waals surface area contributed by atoms with Crippen molar-refractivity contribution in [1.82, 2.24) is 20.1 Å². The van der Waals surface area contributed by atoms with Crippen molar-refractivity contribution in [2.75, 3.05) is 5.75 Å². The van der Waals surface area contributed by atoms with Crippen molar-refractivity contribution in [2.45, 2.75) is 18.1 Å².